The van der Waals surface area contributed by atoms with Crippen LogP contribution in [0.25, 0.3) is 0 Å². The molecule has 2 aliphatic rings. The number of fused-ring (bicyclic) bond motifs is 2. The van der Waals surface area contributed by atoms with E-state index in [1.807, 2.05) is 0 Å². The van der Waals surface area contributed by atoms with Gasteiger partial charge in [0.15, 0.2) is 23.3 Å². The highest BCUT2D eigenvalue weighted by molar-refractivity contribution is 5.29. The molecule has 2 saturated heterocycles. The first-order chi connectivity index (χ1) is 8.90. The van der Waals surface area contributed by atoms with Crippen LogP contribution in [0.3, 0.4) is 0 Å². The summed E-state index contributed by atoms with van der Waals surface area (Å²) in [5.41, 5.74) is -2.83. The summed E-state index contributed by atoms with van der Waals surface area (Å²) in [5.74, 6) is -6.05. The molecule has 0 saturated carbocycles. The van der Waals surface area contributed by atoms with Crippen LogP contribution in [-0.2, 0) is 10.3 Å². The number of ether oxygens (including phenoxy) is 1. The van der Waals surface area contributed by atoms with E-state index in [9.17, 15) is 22.7 Å². The molecule has 2 nitrogen and oxygen atoms in total. The van der Waals surface area contributed by atoms with Crippen LogP contribution in [-0.4, -0.2) is 17.3 Å². The average Bonchev–Trinajstić information content (AvgIpc) is 2.67. The SMILES string of the molecule is OC1(c2c(F)c(F)cc(F)c2F)CC2CCC(C1)O2. The Morgan fingerprint density at radius 1 is 1.00 bits per heavy atom. The first-order valence-corrected chi connectivity index (χ1v) is 6.12. The van der Waals surface area contributed by atoms with Gasteiger partial charge in [-0.3, -0.25) is 0 Å². The lowest BCUT2D eigenvalue weighted by Gasteiger charge is -2.37. The third-order valence-corrected chi connectivity index (χ3v) is 3.90. The lowest BCUT2D eigenvalue weighted by Crippen LogP contribution is -2.40. The van der Waals surface area contributed by atoms with Crippen molar-refractivity contribution in [2.45, 2.75) is 43.5 Å². The van der Waals surface area contributed by atoms with E-state index in [-0.39, 0.29) is 31.1 Å². The second-order valence-corrected chi connectivity index (χ2v) is 5.24. The van der Waals surface area contributed by atoms with Crippen molar-refractivity contribution in [1.82, 2.24) is 0 Å². The molecule has 0 aromatic heterocycles. The summed E-state index contributed by atoms with van der Waals surface area (Å²) in [6.07, 6.45) is 0.588. The minimum atomic E-state index is -1.92. The van der Waals surface area contributed by atoms with Crippen molar-refractivity contribution in [3.8, 4) is 0 Å². The predicted octanol–water partition coefficient (Wildman–Crippen LogP) is 2.77. The number of hydrogen-bond donors (Lipinski definition) is 1. The molecule has 0 spiro atoms. The van der Waals surface area contributed by atoms with Crippen LogP contribution in [0.5, 0.6) is 0 Å². The highest BCUT2D eigenvalue weighted by Gasteiger charge is 2.48. The summed E-state index contributed by atoms with van der Waals surface area (Å²) in [6, 6.07) is 0.144. The van der Waals surface area contributed by atoms with Gasteiger partial charge in [0.05, 0.1) is 17.8 Å². The Morgan fingerprint density at radius 2 is 1.47 bits per heavy atom. The molecule has 1 aromatic carbocycles. The molecule has 2 atom stereocenters. The van der Waals surface area contributed by atoms with E-state index in [0.29, 0.717) is 12.8 Å². The van der Waals surface area contributed by atoms with Gasteiger partial charge >= 0.3 is 0 Å². The van der Waals surface area contributed by atoms with Crippen molar-refractivity contribution in [3.05, 3.63) is 34.9 Å². The number of aliphatic hydroxyl groups is 1. The summed E-state index contributed by atoms with van der Waals surface area (Å²) < 4.78 is 59.5. The zero-order valence-corrected chi connectivity index (χ0v) is 9.93. The molecule has 19 heavy (non-hydrogen) atoms. The predicted molar refractivity (Wildman–Crippen MR) is 57.3 cm³/mol. The number of halogens is 4. The fourth-order valence-corrected chi connectivity index (χ4v) is 3.10. The third-order valence-electron chi connectivity index (χ3n) is 3.90. The third kappa shape index (κ3) is 1.94. The Labute approximate surface area is 107 Å². The molecule has 1 aromatic rings. The van der Waals surface area contributed by atoms with Crippen molar-refractivity contribution >= 4 is 0 Å². The van der Waals surface area contributed by atoms with E-state index in [2.05, 4.69) is 0 Å². The van der Waals surface area contributed by atoms with Gasteiger partial charge in [0, 0.05) is 18.9 Å². The van der Waals surface area contributed by atoms with E-state index in [4.69, 9.17) is 4.74 Å². The second kappa shape index (κ2) is 4.18. The number of benzene rings is 1. The molecule has 2 aliphatic heterocycles. The Kier molecular flexibility index (Phi) is 2.83. The quantitative estimate of drug-likeness (QED) is 0.631. The van der Waals surface area contributed by atoms with Gasteiger partial charge in [-0.2, -0.15) is 0 Å². The molecule has 2 unspecified atom stereocenters. The van der Waals surface area contributed by atoms with Crippen molar-refractivity contribution < 1.29 is 27.4 Å². The van der Waals surface area contributed by atoms with Gasteiger partial charge < -0.3 is 9.84 Å². The first kappa shape index (κ1) is 12.9. The molecule has 0 radical (unpaired) electrons. The maximum atomic E-state index is 13.8. The van der Waals surface area contributed by atoms with Crippen molar-refractivity contribution in [2.24, 2.45) is 0 Å². The van der Waals surface area contributed by atoms with Gasteiger partial charge in [-0.1, -0.05) is 0 Å². The van der Waals surface area contributed by atoms with Crippen LogP contribution in [0.15, 0.2) is 6.07 Å². The highest BCUT2D eigenvalue weighted by atomic mass is 19.2. The fourth-order valence-electron chi connectivity index (χ4n) is 3.10. The van der Waals surface area contributed by atoms with Crippen molar-refractivity contribution in [2.75, 3.05) is 0 Å². The van der Waals surface area contributed by atoms with Gasteiger partial charge in [-0.25, -0.2) is 17.6 Å². The molecular weight excluding hydrogens is 264 g/mol. The summed E-state index contributed by atoms with van der Waals surface area (Å²) in [7, 11) is 0. The molecule has 2 fully saturated rings. The van der Waals surface area contributed by atoms with Crippen molar-refractivity contribution in [1.29, 1.82) is 0 Å². The zero-order chi connectivity index (χ0) is 13.8. The van der Waals surface area contributed by atoms with Gasteiger partial charge in [-0.15, -0.1) is 0 Å². The van der Waals surface area contributed by atoms with Gasteiger partial charge in [0.2, 0.25) is 0 Å². The summed E-state index contributed by atoms with van der Waals surface area (Å²) >= 11 is 0. The topological polar surface area (TPSA) is 29.5 Å². The van der Waals surface area contributed by atoms with Crippen LogP contribution in [0.4, 0.5) is 17.6 Å². The molecular formula is C13H12F4O2. The van der Waals surface area contributed by atoms with Crippen LogP contribution < -0.4 is 0 Å². The molecule has 6 heteroatoms. The normalized spacial score (nSPS) is 33.7. The fraction of sp³-hybridized carbons (Fsp3) is 0.538. The Hall–Kier alpha value is -1.14. The van der Waals surface area contributed by atoms with Gasteiger partial charge in [0.25, 0.3) is 0 Å². The van der Waals surface area contributed by atoms with Gasteiger partial charge in [0.1, 0.15) is 5.60 Å². The molecule has 2 heterocycles. The van der Waals surface area contributed by atoms with E-state index in [1.165, 1.54) is 0 Å². The van der Waals surface area contributed by atoms with Crippen LogP contribution in [0.2, 0.25) is 0 Å². The highest BCUT2D eigenvalue weighted by Crippen LogP contribution is 2.45. The maximum absolute atomic E-state index is 13.8. The first-order valence-electron chi connectivity index (χ1n) is 6.12. The second-order valence-electron chi connectivity index (χ2n) is 5.24. The minimum Gasteiger partial charge on any atom is -0.385 e. The summed E-state index contributed by atoms with van der Waals surface area (Å²) in [6.45, 7) is 0. The van der Waals surface area contributed by atoms with Crippen molar-refractivity contribution in [3.63, 3.8) is 0 Å². The largest absolute Gasteiger partial charge is 0.385 e. The molecule has 0 aliphatic carbocycles. The van der Waals surface area contributed by atoms with E-state index < -0.39 is 34.4 Å². The standard InChI is InChI=1S/C13H12F4O2/c14-8-3-9(15)12(17)10(11(8)16)13(18)4-6-1-2-7(5-13)19-6/h3,6-7,18H,1-2,4-5H2. The summed E-state index contributed by atoms with van der Waals surface area (Å²) in [4.78, 5) is 0. The van der Waals surface area contributed by atoms with Gasteiger partial charge in [-0.05, 0) is 12.8 Å². The average molecular weight is 276 g/mol. The van der Waals surface area contributed by atoms with E-state index in [0.717, 1.165) is 0 Å². The molecule has 104 valence electrons. The van der Waals surface area contributed by atoms with E-state index >= 15 is 0 Å². The lowest BCUT2D eigenvalue weighted by atomic mass is 9.82. The number of rotatable bonds is 1. The lowest BCUT2D eigenvalue weighted by molar-refractivity contribution is -0.118. The summed E-state index contributed by atoms with van der Waals surface area (Å²) in [5, 5.41) is 10.4. The van der Waals surface area contributed by atoms with E-state index in [1.54, 1.807) is 0 Å². The maximum Gasteiger partial charge on any atom is 0.168 e. The monoisotopic (exact) mass is 276 g/mol. The Balaban J connectivity index is 2.11. The van der Waals surface area contributed by atoms with Crippen LogP contribution in [0, 0.1) is 23.3 Å². The Bertz CT molecular complexity index is 494. The Morgan fingerprint density at radius 3 is 1.95 bits per heavy atom. The molecule has 0 amide bonds. The molecule has 1 N–H and O–H groups in total. The van der Waals surface area contributed by atoms with Crippen LogP contribution >= 0.6 is 0 Å². The minimum absolute atomic E-state index is 0.0553. The molecule has 2 bridgehead atoms. The van der Waals surface area contributed by atoms with Crippen LogP contribution in [0.1, 0.15) is 31.2 Å². The zero-order valence-electron chi connectivity index (χ0n) is 9.93. The smallest absolute Gasteiger partial charge is 0.168 e. The molecule has 3 rings (SSSR count). The number of hydrogen-bond acceptors (Lipinski definition) is 2.